The van der Waals surface area contributed by atoms with Gasteiger partial charge in [-0.1, -0.05) is 24.3 Å². The molecule has 0 aromatic heterocycles. The Labute approximate surface area is 195 Å². The van der Waals surface area contributed by atoms with Crippen LogP contribution in [0.2, 0.25) is 0 Å². The van der Waals surface area contributed by atoms with E-state index in [1.165, 1.54) is 12.2 Å². The van der Waals surface area contributed by atoms with Crippen molar-refractivity contribution in [1.82, 2.24) is 0 Å². The number of rotatable bonds is 6. The zero-order valence-electron chi connectivity index (χ0n) is 17.9. The Kier molecular flexibility index (Phi) is 5.85. The second kappa shape index (κ2) is 9.41. The van der Waals surface area contributed by atoms with E-state index in [4.69, 9.17) is 18.9 Å². The van der Waals surface area contributed by atoms with Crippen LogP contribution >= 0.6 is 0 Å². The van der Waals surface area contributed by atoms with Crippen molar-refractivity contribution in [3.8, 4) is 23.0 Å². The Hall–Kier alpha value is -4.72. The number of para-hydroxylation sites is 2. The van der Waals surface area contributed by atoms with Crippen LogP contribution < -0.4 is 29.6 Å². The van der Waals surface area contributed by atoms with Crippen LogP contribution in [0.25, 0.3) is 12.2 Å². The average Bonchev–Trinajstić information content (AvgIpc) is 3.51. The number of hydrogen-bond acceptors (Lipinski definition) is 6. The van der Waals surface area contributed by atoms with Crippen molar-refractivity contribution < 1.29 is 28.5 Å². The van der Waals surface area contributed by atoms with Crippen molar-refractivity contribution in [2.45, 2.75) is 0 Å². The van der Waals surface area contributed by atoms with Gasteiger partial charge in [-0.2, -0.15) is 0 Å². The summed E-state index contributed by atoms with van der Waals surface area (Å²) in [5.74, 6) is 1.97. The van der Waals surface area contributed by atoms with Crippen LogP contribution in [0.3, 0.4) is 0 Å². The Balaban J connectivity index is 1.21. The number of carbonyl (C=O) groups is 2. The predicted octanol–water partition coefficient (Wildman–Crippen LogP) is 4.45. The van der Waals surface area contributed by atoms with Crippen LogP contribution in [0.5, 0.6) is 23.0 Å². The minimum absolute atomic E-state index is 0.192. The molecule has 2 N–H and O–H groups in total. The fourth-order valence-electron chi connectivity index (χ4n) is 3.43. The zero-order valence-corrected chi connectivity index (χ0v) is 17.9. The van der Waals surface area contributed by atoms with E-state index in [0.717, 1.165) is 11.1 Å². The van der Waals surface area contributed by atoms with Crippen molar-refractivity contribution in [2.24, 2.45) is 0 Å². The zero-order chi connectivity index (χ0) is 23.3. The Bertz CT molecular complexity index is 1210. The molecule has 3 aromatic carbocycles. The van der Waals surface area contributed by atoms with Crippen molar-refractivity contribution in [3.63, 3.8) is 0 Å². The summed E-state index contributed by atoms with van der Waals surface area (Å²) >= 11 is 0. The number of nitrogens with one attached hydrogen (secondary N) is 2. The molecule has 2 amide bonds. The molecule has 8 nitrogen and oxygen atoms in total. The van der Waals surface area contributed by atoms with Gasteiger partial charge in [0, 0.05) is 12.2 Å². The first kappa shape index (κ1) is 21.1. The third-order valence-corrected chi connectivity index (χ3v) is 5.09. The lowest BCUT2D eigenvalue weighted by Crippen LogP contribution is -2.13. The maximum Gasteiger partial charge on any atom is 0.248 e. The second-order valence-electron chi connectivity index (χ2n) is 7.42. The molecule has 34 heavy (non-hydrogen) atoms. The Morgan fingerprint density at radius 3 is 1.53 bits per heavy atom. The fraction of sp³-hybridized carbons (Fsp3) is 0.0769. The second-order valence-corrected chi connectivity index (χ2v) is 7.42. The first-order valence-electron chi connectivity index (χ1n) is 10.5. The third-order valence-electron chi connectivity index (χ3n) is 5.09. The number of ether oxygens (including phenoxy) is 4. The van der Waals surface area contributed by atoms with Crippen molar-refractivity contribution in [3.05, 3.63) is 83.9 Å². The van der Waals surface area contributed by atoms with Crippen LogP contribution in [0.4, 0.5) is 11.4 Å². The molecule has 0 saturated heterocycles. The number of hydrogen-bond donors (Lipinski definition) is 2. The molecular weight excluding hydrogens is 436 g/mol. The SMILES string of the molecule is O=C(/C=C/c1ccc2c(c1)OCO2)Nc1ccccc1NC(=O)/C=C/c1ccc2c(c1)OCO2. The molecule has 5 rings (SSSR count). The van der Waals surface area contributed by atoms with E-state index in [0.29, 0.717) is 34.4 Å². The lowest BCUT2D eigenvalue weighted by Gasteiger charge is -2.10. The maximum atomic E-state index is 12.5. The minimum Gasteiger partial charge on any atom is -0.454 e. The van der Waals surface area contributed by atoms with Gasteiger partial charge in [-0.05, 0) is 59.7 Å². The number of amides is 2. The molecule has 0 spiro atoms. The average molecular weight is 456 g/mol. The molecule has 8 heteroatoms. The predicted molar refractivity (Wildman–Crippen MR) is 127 cm³/mol. The largest absolute Gasteiger partial charge is 0.454 e. The summed E-state index contributed by atoms with van der Waals surface area (Å²) in [7, 11) is 0. The van der Waals surface area contributed by atoms with E-state index in [1.54, 1.807) is 60.7 Å². The topological polar surface area (TPSA) is 95.1 Å². The molecule has 0 aliphatic carbocycles. The molecule has 2 aliphatic rings. The molecule has 2 aliphatic heterocycles. The van der Waals surface area contributed by atoms with Crippen molar-refractivity contribution in [1.29, 1.82) is 0 Å². The van der Waals surface area contributed by atoms with E-state index in [1.807, 2.05) is 12.1 Å². The van der Waals surface area contributed by atoms with Gasteiger partial charge in [0.1, 0.15) is 0 Å². The summed E-state index contributed by atoms with van der Waals surface area (Å²) in [6, 6.07) is 17.8. The smallest absolute Gasteiger partial charge is 0.248 e. The van der Waals surface area contributed by atoms with E-state index >= 15 is 0 Å². The lowest BCUT2D eigenvalue weighted by molar-refractivity contribution is -0.112. The van der Waals surface area contributed by atoms with Crippen LogP contribution in [0.1, 0.15) is 11.1 Å². The highest BCUT2D eigenvalue weighted by atomic mass is 16.7. The number of benzene rings is 3. The standard InChI is InChI=1S/C26H20N2O6/c29-25(11-7-17-5-9-21-23(13-17)33-15-31-21)27-19-3-1-2-4-20(19)28-26(30)12-8-18-6-10-22-24(14-18)34-16-32-22/h1-14H,15-16H2,(H,27,29)(H,28,30)/b11-7+,12-8+. The van der Waals surface area contributed by atoms with Crippen LogP contribution in [0, 0.1) is 0 Å². The van der Waals surface area contributed by atoms with Crippen LogP contribution in [0.15, 0.2) is 72.8 Å². The van der Waals surface area contributed by atoms with E-state index in [2.05, 4.69) is 10.6 Å². The van der Waals surface area contributed by atoms with Gasteiger partial charge in [0.25, 0.3) is 0 Å². The van der Waals surface area contributed by atoms with Gasteiger partial charge in [0.15, 0.2) is 23.0 Å². The molecule has 0 saturated carbocycles. The van der Waals surface area contributed by atoms with Gasteiger partial charge in [0.05, 0.1) is 11.4 Å². The van der Waals surface area contributed by atoms with Gasteiger partial charge in [-0.15, -0.1) is 0 Å². The number of anilines is 2. The fourth-order valence-corrected chi connectivity index (χ4v) is 3.43. The summed E-state index contributed by atoms with van der Waals surface area (Å²) in [5, 5.41) is 5.58. The molecule has 0 radical (unpaired) electrons. The third kappa shape index (κ3) is 4.86. The molecule has 170 valence electrons. The van der Waals surface area contributed by atoms with Crippen molar-refractivity contribution >= 4 is 35.3 Å². The molecule has 0 unspecified atom stereocenters. The van der Waals surface area contributed by atoms with Crippen LogP contribution in [-0.4, -0.2) is 25.4 Å². The Morgan fingerprint density at radius 1 is 0.618 bits per heavy atom. The highest BCUT2D eigenvalue weighted by Crippen LogP contribution is 2.33. The molecule has 0 bridgehead atoms. The van der Waals surface area contributed by atoms with Gasteiger partial charge in [0.2, 0.25) is 25.4 Å². The molecule has 0 fully saturated rings. The highest BCUT2D eigenvalue weighted by molar-refractivity contribution is 6.08. The summed E-state index contributed by atoms with van der Waals surface area (Å²) < 4.78 is 21.3. The quantitative estimate of drug-likeness (QED) is 0.533. The van der Waals surface area contributed by atoms with Gasteiger partial charge in [-0.3, -0.25) is 9.59 Å². The normalized spacial score (nSPS) is 13.4. The number of carbonyl (C=O) groups excluding carboxylic acids is 2. The number of fused-ring (bicyclic) bond motifs is 2. The minimum atomic E-state index is -0.338. The summed E-state index contributed by atoms with van der Waals surface area (Å²) in [5.41, 5.74) is 2.56. The van der Waals surface area contributed by atoms with Gasteiger partial charge >= 0.3 is 0 Å². The Morgan fingerprint density at radius 2 is 1.06 bits per heavy atom. The van der Waals surface area contributed by atoms with Crippen LogP contribution in [-0.2, 0) is 9.59 Å². The molecule has 0 atom stereocenters. The summed E-state index contributed by atoms with van der Waals surface area (Å²) in [6.45, 7) is 0.384. The molecule has 2 heterocycles. The lowest BCUT2D eigenvalue weighted by atomic mass is 10.2. The monoisotopic (exact) mass is 456 g/mol. The van der Waals surface area contributed by atoms with Crippen molar-refractivity contribution in [2.75, 3.05) is 24.2 Å². The molecular formula is C26H20N2O6. The van der Waals surface area contributed by atoms with Gasteiger partial charge in [-0.25, -0.2) is 0 Å². The maximum absolute atomic E-state index is 12.5. The molecule has 3 aromatic rings. The van der Waals surface area contributed by atoms with E-state index in [9.17, 15) is 9.59 Å². The van der Waals surface area contributed by atoms with E-state index in [-0.39, 0.29) is 25.4 Å². The summed E-state index contributed by atoms with van der Waals surface area (Å²) in [4.78, 5) is 24.9. The first-order valence-corrected chi connectivity index (χ1v) is 10.5. The van der Waals surface area contributed by atoms with Gasteiger partial charge < -0.3 is 29.6 Å². The first-order chi connectivity index (χ1) is 16.6. The summed E-state index contributed by atoms with van der Waals surface area (Å²) in [6.07, 6.45) is 6.17. The highest BCUT2D eigenvalue weighted by Gasteiger charge is 2.13. The van der Waals surface area contributed by atoms with E-state index < -0.39 is 0 Å².